The number of carbonyl (C=O) groups is 2. The molecule has 3 aromatic carbocycles. The number of amides is 2. The van der Waals surface area contributed by atoms with Crippen molar-refractivity contribution < 1.29 is 19.4 Å². The Hall–Kier alpha value is -3.80. The number of ether oxygens (including phenoxy) is 1. The number of nitrogens with one attached hydrogen (secondary N) is 2. The highest BCUT2D eigenvalue weighted by molar-refractivity contribution is 6.01. The van der Waals surface area contributed by atoms with Crippen molar-refractivity contribution in [1.29, 1.82) is 0 Å². The van der Waals surface area contributed by atoms with E-state index in [2.05, 4.69) is 24.5 Å². The third kappa shape index (κ3) is 7.10. The van der Waals surface area contributed by atoms with Crippen LogP contribution in [0.1, 0.15) is 41.8 Å². The van der Waals surface area contributed by atoms with E-state index in [4.69, 9.17) is 4.74 Å². The number of alkyl carbamates (subject to hydrolysis) is 1. The molecule has 0 heterocycles. The average Bonchev–Trinajstić information content (AvgIpc) is 2.82. The van der Waals surface area contributed by atoms with Gasteiger partial charge in [0, 0.05) is 13.1 Å². The Balaban J connectivity index is 1.73. The van der Waals surface area contributed by atoms with Crippen LogP contribution in [0.3, 0.4) is 0 Å². The van der Waals surface area contributed by atoms with Crippen LogP contribution >= 0.6 is 0 Å². The number of phenolic OH excluding ortho intramolecular Hbond substituents is 1. The maximum Gasteiger partial charge on any atom is 0.407 e. The van der Waals surface area contributed by atoms with Crippen LogP contribution in [0, 0.1) is 5.92 Å². The second-order valence-corrected chi connectivity index (χ2v) is 8.24. The van der Waals surface area contributed by atoms with Gasteiger partial charge in [0.15, 0.2) is 0 Å². The van der Waals surface area contributed by atoms with E-state index in [-0.39, 0.29) is 24.8 Å². The Kier molecular flexibility index (Phi) is 8.47. The molecule has 0 aliphatic rings. The molecule has 33 heavy (non-hydrogen) atoms. The van der Waals surface area contributed by atoms with Crippen molar-refractivity contribution in [3.8, 4) is 16.9 Å². The first-order valence-corrected chi connectivity index (χ1v) is 11.1. The van der Waals surface area contributed by atoms with Gasteiger partial charge < -0.3 is 20.5 Å². The predicted octanol–water partition coefficient (Wildman–Crippen LogP) is 5.26. The van der Waals surface area contributed by atoms with Gasteiger partial charge in [-0.3, -0.25) is 4.79 Å². The van der Waals surface area contributed by atoms with Crippen molar-refractivity contribution in [2.24, 2.45) is 5.92 Å². The molecule has 3 aromatic rings. The summed E-state index contributed by atoms with van der Waals surface area (Å²) in [5.74, 6) is 0.252. The van der Waals surface area contributed by atoms with Gasteiger partial charge in [-0.05, 0) is 52.8 Å². The molecule has 0 unspecified atom stereocenters. The third-order valence-corrected chi connectivity index (χ3v) is 5.20. The van der Waals surface area contributed by atoms with Crippen molar-refractivity contribution in [1.82, 2.24) is 10.6 Å². The minimum atomic E-state index is -0.522. The lowest BCUT2D eigenvalue weighted by atomic mass is 9.94. The van der Waals surface area contributed by atoms with Crippen LogP contribution in [0.2, 0.25) is 0 Å². The number of aromatic hydroxyl groups is 1. The fourth-order valence-corrected chi connectivity index (χ4v) is 3.40. The maximum atomic E-state index is 12.9. The molecule has 0 bridgehead atoms. The highest BCUT2D eigenvalue weighted by Crippen LogP contribution is 2.30. The summed E-state index contributed by atoms with van der Waals surface area (Å²) in [6, 6.07) is 21.7. The molecular formula is C27H30N2O4. The smallest absolute Gasteiger partial charge is 0.407 e. The molecule has 2 amide bonds. The van der Waals surface area contributed by atoms with Crippen LogP contribution in [0.15, 0.2) is 72.8 Å². The van der Waals surface area contributed by atoms with Gasteiger partial charge in [-0.15, -0.1) is 0 Å². The Labute approximate surface area is 194 Å². The normalized spacial score (nSPS) is 10.6. The summed E-state index contributed by atoms with van der Waals surface area (Å²) in [5, 5.41) is 15.7. The summed E-state index contributed by atoms with van der Waals surface area (Å²) in [6.45, 7) is 5.17. The minimum absolute atomic E-state index is 0.0212. The first kappa shape index (κ1) is 23.9. The number of benzene rings is 3. The van der Waals surface area contributed by atoms with Crippen molar-refractivity contribution >= 4 is 12.0 Å². The van der Waals surface area contributed by atoms with Crippen LogP contribution in [-0.2, 0) is 17.9 Å². The Bertz CT molecular complexity index is 1080. The van der Waals surface area contributed by atoms with Crippen molar-refractivity contribution in [2.45, 2.75) is 33.4 Å². The van der Waals surface area contributed by atoms with Gasteiger partial charge in [0.2, 0.25) is 0 Å². The molecule has 3 N–H and O–H groups in total. The monoisotopic (exact) mass is 446 g/mol. The zero-order valence-electron chi connectivity index (χ0n) is 19.0. The zero-order valence-corrected chi connectivity index (χ0v) is 19.0. The van der Waals surface area contributed by atoms with Gasteiger partial charge in [-0.2, -0.15) is 0 Å². The van der Waals surface area contributed by atoms with Gasteiger partial charge >= 0.3 is 6.09 Å². The quantitative estimate of drug-likeness (QED) is 0.418. The standard InChI is InChI=1S/C27H30N2O4/c1-19(2)14-15-28-26(31)25-16-22(30)12-13-24(25)23-11-7-6-10-21(23)17-29-27(32)33-18-20-8-4-3-5-9-20/h3-13,16,19,30H,14-15,17-18H2,1-2H3,(H,28,31)(H,29,32). The fraction of sp³-hybridized carbons (Fsp3) is 0.259. The Morgan fingerprint density at radius 1 is 0.909 bits per heavy atom. The first-order chi connectivity index (χ1) is 15.9. The van der Waals surface area contributed by atoms with Gasteiger partial charge in [0.05, 0.1) is 5.56 Å². The second kappa shape index (κ2) is 11.7. The van der Waals surface area contributed by atoms with Crippen LogP contribution in [0.25, 0.3) is 11.1 Å². The zero-order chi connectivity index (χ0) is 23.6. The van der Waals surface area contributed by atoms with E-state index < -0.39 is 6.09 Å². The molecule has 0 radical (unpaired) electrons. The summed E-state index contributed by atoms with van der Waals surface area (Å²) in [5.41, 5.74) is 3.61. The molecule has 0 aliphatic carbocycles. The molecular weight excluding hydrogens is 416 g/mol. The molecule has 0 aromatic heterocycles. The number of hydrogen-bond acceptors (Lipinski definition) is 4. The topological polar surface area (TPSA) is 87.7 Å². The molecule has 6 heteroatoms. The second-order valence-electron chi connectivity index (χ2n) is 8.24. The number of carbonyl (C=O) groups excluding carboxylic acids is 2. The molecule has 172 valence electrons. The lowest BCUT2D eigenvalue weighted by Gasteiger charge is -2.15. The molecule has 6 nitrogen and oxygen atoms in total. The molecule has 0 aliphatic heterocycles. The Morgan fingerprint density at radius 2 is 1.64 bits per heavy atom. The van der Waals surface area contributed by atoms with E-state index in [1.54, 1.807) is 12.1 Å². The van der Waals surface area contributed by atoms with Gasteiger partial charge in [0.1, 0.15) is 12.4 Å². The highest BCUT2D eigenvalue weighted by atomic mass is 16.5. The maximum absolute atomic E-state index is 12.9. The minimum Gasteiger partial charge on any atom is -0.508 e. The summed E-state index contributed by atoms with van der Waals surface area (Å²) < 4.78 is 5.29. The van der Waals surface area contributed by atoms with Crippen LogP contribution in [0.4, 0.5) is 4.79 Å². The van der Waals surface area contributed by atoms with E-state index >= 15 is 0 Å². The van der Waals surface area contributed by atoms with Crippen LogP contribution in [0.5, 0.6) is 5.75 Å². The predicted molar refractivity (Wildman–Crippen MR) is 129 cm³/mol. The first-order valence-electron chi connectivity index (χ1n) is 11.1. The van der Waals surface area contributed by atoms with E-state index in [9.17, 15) is 14.7 Å². The lowest BCUT2D eigenvalue weighted by molar-refractivity contribution is 0.0952. The van der Waals surface area contributed by atoms with E-state index in [1.807, 2.05) is 54.6 Å². The molecule has 3 rings (SSSR count). The fourth-order valence-electron chi connectivity index (χ4n) is 3.40. The van der Waals surface area contributed by atoms with Crippen LogP contribution in [-0.4, -0.2) is 23.7 Å². The summed E-state index contributed by atoms with van der Waals surface area (Å²) >= 11 is 0. The number of hydrogen-bond donors (Lipinski definition) is 3. The highest BCUT2D eigenvalue weighted by Gasteiger charge is 2.16. The average molecular weight is 447 g/mol. The van der Waals surface area contributed by atoms with Crippen molar-refractivity contribution in [2.75, 3.05) is 6.54 Å². The van der Waals surface area contributed by atoms with E-state index in [0.29, 0.717) is 23.6 Å². The summed E-state index contributed by atoms with van der Waals surface area (Å²) in [7, 11) is 0. The molecule has 0 fully saturated rings. The number of rotatable bonds is 9. The van der Waals surface area contributed by atoms with Gasteiger partial charge in [-0.1, -0.05) is 68.4 Å². The van der Waals surface area contributed by atoms with E-state index in [1.165, 1.54) is 6.07 Å². The van der Waals surface area contributed by atoms with E-state index in [0.717, 1.165) is 23.1 Å². The molecule has 0 saturated carbocycles. The van der Waals surface area contributed by atoms with Gasteiger partial charge in [-0.25, -0.2) is 4.79 Å². The van der Waals surface area contributed by atoms with Crippen LogP contribution < -0.4 is 10.6 Å². The SMILES string of the molecule is CC(C)CCNC(=O)c1cc(O)ccc1-c1ccccc1CNC(=O)OCc1ccccc1. The molecule has 0 spiro atoms. The summed E-state index contributed by atoms with van der Waals surface area (Å²) in [6.07, 6.45) is 0.344. The third-order valence-electron chi connectivity index (χ3n) is 5.20. The number of phenols is 1. The summed E-state index contributed by atoms with van der Waals surface area (Å²) in [4.78, 5) is 25.1. The molecule has 0 saturated heterocycles. The lowest BCUT2D eigenvalue weighted by Crippen LogP contribution is -2.26. The Morgan fingerprint density at radius 3 is 2.39 bits per heavy atom. The van der Waals surface area contributed by atoms with Gasteiger partial charge in [0.25, 0.3) is 5.91 Å². The van der Waals surface area contributed by atoms with Crippen molar-refractivity contribution in [3.05, 3.63) is 89.5 Å². The van der Waals surface area contributed by atoms with Crippen molar-refractivity contribution in [3.63, 3.8) is 0 Å². The molecule has 0 atom stereocenters. The largest absolute Gasteiger partial charge is 0.508 e.